The van der Waals surface area contributed by atoms with E-state index in [9.17, 15) is 10.2 Å². The Bertz CT molecular complexity index is 480. The first-order valence-corrected chi connectivity index (χ1v) is 6.95. The third-order valence-electron chi connectivity index (χ3n) is 3.78. The number of piperazine rings is 1. The summed E-state index contributed by atoms with van der Waals surface area (Å²) in [5, 5.41) is 22.4. The van der Waals surface area contributed by atoms with Crippen LogP contribution in [0, 0.1) is 0 Å². The summed E-state index contributed by atoms with van der Waals surface area (Å²) in [5.41, 5.74) is 1.65. The van der Waals surface area contributed by atoms with E-state index in [0.717, 1.165) is 24.3 Å². The summed E-state index contributed by atoms with van der Waals surface area (Å²) in [5.74, 6) is 1.39. The molecule has 1 atom stereocenters. The van der Waals surface area contributed by atoms with Crippen molar-refractivity contribution in [3.63, 3.8) is 0 Å². The van der Waals surface area contributed by atoms with Crippen molar-refractivity contribution in [3.8, 4) is 11.5 Å². The van der Waals surface area contributed by atoms with E-state index in [1.54, 1.807) is 0 Å². The van der Waals surface area contributed by atoms with Gasteiger partial charge in [0.15, 0.2) is 11.5 Å². The van der Waals surface area contributed by atoms with Gasteiger partial charge in [-0.1, -0.05) is 6.07 Å². The molecule has 0 saturated carbocycles. The maximum absolute atomic E-state index is 9.61. The lowest BCUT2D eigenvalue weighted by molar-refractivity contribution is 0.170. The molecule has 3 N–H and O–H groups in total. The maximum atomic E-state index is 9.61. The predicted molar refractivity (Wildman–Crippen MR) is 74.4 cm³/mol. The van der Waals surface area contributed by atoms with Crippen LogP contribution in [-0.2, 0) is 6.61 Å². The van der Waals surface area contributed by atoms with E-state index in [0.29, 0.717) is 31.3 Å². The molecular formula is C14H20N2O4. The number of hydrogen-bond acceptors (Lipinski definition) is 6. The number of nitrogens with one attached hydrogen (secondary N) is 1. The highest BCUT2D eigenvalue weighted by atomic mass is 16.6. The molecule has 1 aromatic carbocycles. The van der Waals surface area contributed by atoms with Crippen LogP contribution in [0.15, 0.2) is 12.1 Å². The molecule has 1 aromatic rings. The lowest BCUT2D eigenvalue weighted by Gasteiger charge is -2.39. The Kier molecular flexibility index (Phi) is 3.95. The van der Waals surface area contributed by atoms with E-state index in [1.807, 2.05) is 12.1 Å². The van der Waals surface area contributed by atoms with Crippen molar-refractivity contribution in [2.24, 2.45) is 0 Å². The van der Waals surface area contributed by atoms with Gasteiger partial charge in [-0.3, -0.25) is 0 Å². The van der Waals surface area contributed by atoms with Crippen molar-refractivity contribution in [2.45, 2.75) is 12.6 Å². The smallest absolute Gasteiger partial charge is 0.185 e. The van der Waals surface area contributed by atoms with Crippen molar-refractivity contribution >= 4 is 5.69 Å². The predicted octanol–water partition coefficient (Wildman–Crippen LogP) is -0.279. The summed E-state index contributed by atoms with van der Waals surface area (Å²) < 4.78 is 11.4. The van der Waals surface area contributed by atoms with E-state index < -0.39 is 0 Å². The van der Waals surface area contributed by atoms with Crippen molar-refractivity contribution in [1.29, 1.82) is 0 Å². The quantitative estimate of drug-likeness (QED) is 0.707. The minimum atomic E-state index is -0.0615. The van der Waals surface area contributed by atoms with Crippen LogP contribution in [0.2, 0.25) is 0 Å². The minimum absolute atomic E-state index is 0.0222. The summed E-state index contributed by atoms with van der Waals surface area (Å²) in [6.07, 6.45) is 0. The fraction of sp³-hybridized carbons (Fsp3) is 0.571. The van der Waals surface area contributed by atoms with Crippen molar-refractivity contribution in [1.82, 2.24) is 5.32 Å². The molecule has 1 saturated heterocycles. The molecule has 0 aromatic heterocycles. The normalized spacial score (nSPS) is 21.9. The monoisotopic (exact) mass is 280 g/mol. The Morgan fingerprint density at radius 2 is 2.10 bits per heavy atom. The number of aliphatic hydroxyl groups is 2. The van der Waals surface area contributed by atoms with Gasteiger partial charge in [0.2, 0.25) is 0 Å². The fourth-order valence-corrected chi connectivity index (χ4v) is 2.80. The number of rotatable bonds is 3. The number of anilines is 1. The van der Waals surface area contributed by atoms with Crippen molar-refractivity contribution < 1.29 is 19.7 Å². The van der Waals surface area contributed by atoms with Gasteiger partial charge in [-0.25, -0.2) is 0 Å². The molecule has 3 rings (SSSR count). The highest BCUT2D eigenvalue weighted by Crippen LogP contribution is 2.43. The van der Waals surface area contributed by atoms with Gasteiger partial charge < -0.3 is 29.9 Å². The molecule has 6 heteroatoms. The Morgan fingerprint density at radius 1 is 1.25 bits per heavy atom. The van der Waals surface area contributed by atoms with Crippen LogP contribution in [0.25, 0.3) is 0 Å². The molecular weight excluding hydrogens is 260 g/mol. The van der Waals surface area contributed by atoms with Gasteiger partial charge in [0, 0.05) is 25.2 Å². The highest BCUT2D eigenvalue weighted by Gasteiger charge is 2.29. The fourth-order valence-electron chi connectivity index (χ4n) is 2.80. The average Bonchev–Trinajstić information content (AvgIpc) is 2.53. The topological polar surface area (TPSA) is 74.2 Å². The van der Waals surface area contributed by atoms with Crippen LogP contribution < -0.4 is 19.7 Å². The van der Waals surface area contributed by atoms with Gasteiger partial charge >= 0.3 is 0 Å². The maximum Gasteiger partial charge on any atom is 0.185 e. The molecule has 0 amide bonds. The second kappa shape index (κ2) is 5.87. The molecule has 0 spiro atoms. The third kappa shape index (κ3) is 2.30. The van der Waals surface area contributed by atoms with Crippen LogP contribution in [-0.4, -0.2) is 55.7 Å². The summed E-state index contributed by atoms with van der Waals surface area (Å²) >= 11 is 0. The molecule has 0 bridgehead atoms. The van der Waals surface area contributed by atoms with Crippen LogP contribution in [0.4, 0.5) is 5.69 Å². The highest BCUT2D eigenvalue weighted by molar-refractivity contribution is 5.70. The molecule has 20 heavy (non-hydrogen) atoms. The largest absolute Gasteiger partial charge is 0.486 e. The molecule has 0 aliphatic carbocycles. The zero-order valence-electron chi connectivity index (χ0n) is 11.3. The lowest BCUT2D eigenvalue weighted by Crippen LogP contribution is -2.53. The molecule has 2 heterocycles. The van der Waals surface area contributed by atoms with E-state index >= 15 is 0 Å². The average molecular weight is 280 g/mol. The number of fused-ring (bicyclic) bond motifs is 1. The van der Waals surface area contributed by atoms with E-state index in [4.69, 9.17) is 9.47 Å². The number of benzene rings is 1. The van der Waals surface area contributed by atoms with E-state index in [2.05, 4.69) is 10.2 Å². The summed E-state index contributed by atoms with van der Waals surface area (Å²) in [6, 6.07) is 3.67. The zero-order chi connectivity index (χ0) is 13.9. The van der Waals surface area contributed by atoms with Crippen molar-refractivity contribution in [3.05, 3.63) is 17.7 Å². The Balaban J connectivity index is 2.05. The summed E-state index contributed by atoms with van der Waals surface area (Å²) in [4.78, 5) is 2.11. The standard InChI is InChI=1S/C14H20N2O4/c17-8-10-1-2-12-14(20-6-5-19-12)13(10)16-4-3-15-7-11(16)9-18/h1-2,11,15,17-18H,3-9H2. The molecule has 1 fully saturated rings. The van der Waals surface area contributed by atoms with E-state index in [1.165, 1.54) is 0 Å². The second-order valence-electron chi connectivity index (χ2n) is 4.99. The summed E-state index contributed by atoms with van der Waals surface area (Å²) in [6.45, 7) is 3.35. The van der Waals surface area contributed by atoms with Crippen molar-refractivity contribution in [2.75, 3.05) is 44.4 Å². The van der Waals surface area contributed by atoms with Gasteiger partial charge in [0.1, 0.15) is 13.2 Å². The molecule has 2 aliphatic rings. The van der Waals surface area contributed by atoms with Gasteiger partial charge in [-0.05, 0) is 6.07 Å². The van der Waals surface area contributed by atoms with E-state index in [-0.39, 0.29) is 19.3 Å². The first-order valence-electron chi connectivity index (χ1n) is 6.95. The Hall–Kier alpha value is -1.50. The zero-order valence-corrected chi connectivity index (χ0v) is 11.3. The lowest BCUT2D eigenvalue weighted by atomic mass is 10.1. The second-order valence-corrected chi connectivity index (χ2v) is 4.99. The first kappa shape index (κ1) is 13.5. The van der Waals surface area contributed by atoms with Crippen LogP contribution in [0.5, 0.6) is 11.5 Å². The van der Waals surface area contributed by atoms with Gasteiger partial charge in [0.05, 0.1) is 24.9 Å². The molecule has 110 valence electrons. The van der Waals surface area contributed by atoms with Gasteiger partial charge in [-0.2, -0.15) is 0 Å². The number of ether oxygens (including phenoxy) is 2. The molecule has 1 unspecified atom stereocenters. The molecule has 6 nitrogen and oxygen atoms in total. The Labute approximate surface area is 117 Å². The summed E-state index contributed by atoms with van der Waals surface area (Å²) in [7, 11) is 0. The van der Waals surface area contributed by atoms with Crippen LogP contribution in [0.3, 0.4) is 0 Å². The SMILES string of the molecule is OCc1ccc2c(c1N1CCNCC1CO)OCCO2. The number of aliphatic hydroxyl groups excluding tert-OH is 2. The van der Waals surface area contributed by atoms with Crippen LogP contribution >= 0.6 is 0 Å². The first-order chi connectivity index (χ1) is 9.85. The van der Waals surface area contributed by atoms with Gasteiger partial charge in [-0.15, -0.1) is 0 Å². The minimum Gasteiger partial charge on any atom is -0.486 e. The molecule has 2 aliphatic heterocycles. The van der Waals surface area contributed by atoms with Crippen LogP contribution in [0.1, 0.15) is 5.56 Å². The number of hydrogen-bond donors (Lipinski definition) is 3. The van der Waals surface area contributed by atoms with Gasteiger partial charge in [0.25, 0.3) is 0 Å². The number of nitrogens with zero attached hydrogens (tertiary/aromatic N) is 1. The third-order valence-corrected chi connectivity index (χ3v) is 3.78. The molecule has 0 radical (unpaired) electrons. The Morgan fingerprint density at radius 3 is 2.90 bits per heavy atom.